The first kappa shape index (κ1) is 19.8. The summed E-state index contributed by atoms with van der Waals surface area (Å²) in [5.74, 6) is 0.617. The second-order valence-corrected chi connectivity index (χ2v) is 8.18. The molecule has 7 nitrogen and oxygen atoms in total. The predicted molar refractivity (Wildman–Crippen MR) is 123 cm³/mol. The maximum absolute atomic E-state index is 12.8. The smallest absolute Gasteiger partial charge is 0.341 e. The summed E-state index contributed by atoms with van der Waals surface area (Å²) < 4.78 is 7.45. The van der Waals surface area contributed by atoms with Crippen LogP contribution in [-0.2, 0) is 4.74 Å². The van der Waals surface area contributed by atoms with Gasteiger partial charge in [0.25, 0.3) is 0 Å². The summed E-state index contributed by atoms with van der Waals surface area (Å²) >= 11 is 0. The summed E-state index contributed by atoms with van der Waals surface area (Å²) in [6, 6.07) is 13.9. The third-order valence-electron chi connectivity index (χ3n) is 5.90. The van der Waals surface area contributed by atoms with Gasteiger partial charge in [0.05, 0.1) is 17.6 Å². The largest absolute Gasteiger partial charge is 0.462 e. The maximum Gasteiger partial charge on any atom is 0.341 e. The first-order valence-corrected chi connectivity index (χ1v) is 11.0. The highest BCUT2D eigenvalue weighted by Gasteiger charge is 2.21. The number of hydrogen-bond acceptors (Lipinski definition) is 6. The number of fused-ring (bicyclic) bond motifs is 5. The minimum absolute atomic E-state index is 0.344. The van der Waals surface area contributed by atoms with E-state index < -0.39 is 0 Å². The molecule has 0 amide bonds. The van der Waals surface area contributed by atoms with Gasteiger partial charge in [-0.3, -0.25) is 4.40 Å². The summed E-state index contributed by atoms with van der Waals surface area (Å²) in [6.07, 6.45) is 1.89. The number of benzene rings is 1. The molecule has 0 aliphatic carbocycles. The third-order valence-corrected chi connectivity index (χ3v) is 5.90. The summed E-state index contributed by atoms with van der Waals surface area (Å²) in [7, 11) is 2.16. The Morgan fingerprint density at radius 1 is 1.03 bits per heavy atom. The minimum atomic E-state index is -0.344. The standard InChI is InChI=1S/C24H27N5O2/c1-3-15-31-24(30)18-16-17-9-10-21(28-12-6-11-27(2)13-14-28)26-22(17)29-20-8-5-4-7-19(20)25-23(18)29/h4-5,7-10,16H,3,6,11-15H2,1-2H3. The molecule has 0 atom stereocenters. The van der Waals surface area contributed by atoms with Crippen molar-refractivity contribution in [1.82, 2.24) is 19.3 Å². The molecule has 0 N–H and O–H groups in total. The number of likely N-dealkylation sites (N-methyl/N-ethyl adjacent to an activating group) is 1. The topological polar surface area (TPSA) is 63.0 Å². The van der Waals surface area contributed by atoms with Gasteiger partial charge in [-0.05, 0) is 56.8 Å². The molecule has 0 radical (unpaired) electrons. The molecule has 1 aromatic carbocycles. The van der Waals surface area contributed by atoms with E-state index >= 15 is 0 Å². The van der Waals surface area contributed by atoms with Crippen LogP contribution >= 0.6 is 0 Å². The Labute approximate surface area is 181 Å². The van der Waals surface area contributed by atoms with Crippen LogP contribution in [0.25, 0.3) is 27.7 Å². The van der Waals surface area contributed by atoms with Crippen LogP contribution in [0.3, 0.4) is 0 Å². The summed E-state index contributed by atoms with van der Waals surface area (Å²) in [5.41, 5.74) is 3.65. The Morgan fingerprint density at radius 2 is 1.90 bits per heavy atom. The number of para-hydroxylation sites is 2. The fourth-order valence-electron chi connectivity index (χ4n) is 4.26. The fourth-order valence-corrected chi connectivity index (χ4v) is 4.26. The number of anilines is 1. The monoisotopic (exact) mass is 417 g/mol. The van der Waals surface area contributed by atoms with Gasteiger partial charge in [0.1, 0.15) is 17.0 Å². The van der Waals surface area contributed by atoms with Crippen molar-refractivity contribution in [2.75, 3.05) is 44.7 Å². The summed E-state index contributed by atoms with van der Waals surface area (Å²) in [4.78, 5) is 27.3. The van der Waals surface area contributed by atoms with Crippen LogP contribution in [0, 0.1) is 0 Å². The second-order valence-electron chi connectivity index (χ2n) is 8.18. The molecule has 0 spiro atoms. The van der Waals surface area contributed by atoms with Crippen LogP contribution in [-0.4, -0.2) is 65.1 Å². The number of esters is 1. The fraction of sp³-hybridized carbons (Fsp3) is 0.375. The van der Waals surface area contributed by atoms with E-state index in [2.05, 4.69) is 29.0 Å². The van der Waals surface area contributed by atoms with Crippen molar-refractivity contribution in [3.8, 4) is 0 Å². The van der Waals surface area contributed by atoms with E-state index in [0.29, 0.717) is 17.8 Å². The van der Waals surface area contributed by atoms with E-state index in [-0.39, 0.29) is 5.97 Å². The van der Waals surface area contributed by atoms with Crippen molar-refractivity contribution in [3.63, 3.8) is 0 Å². The zero-order valence-corrected chi connectivity index (χ0v) is 18.0. The number of rotatable bonds is 4. The van der Waals surface area contributed by atoms with Gasteiger partial charge in [-0.15, -0.1) is 0 Å². The number of aromatic nitrogens is 3. The molecule has 7 heteroatoms. The lowest BCUT2D eigenvalue weighted by Crippen LogP contribution is -2.29. The van der Waals surface area contributed by atoms with Gasteiger partial charge in [0, 0.05) is 25.0 Å². The molecule has 1 aliphatic heterocycles. The lowest BCUT2D eigenvalue weighted by Gasteiger charge is -2.22. The van der Waals surface area contributed by atoms with Crippen LogP contribution in [0.4, 0.5) is 5.82 Å². The van der Waals surface area contributed by atoms with E-state index in [0.717, 1.165) is 66.9 Å². The second kappa shape index (κ2) is 8.15. The van der Waals surface area contributed by atoms with E-state index in [1.807, 2.05) is 41.7 Å². The number of nitrogens with zero attached hydrogens (tertiary/aromatic N) is 5. The Hall–Kier alpha value is -3.19. The third kappa shape index (κ3) is 3.59. The van der Waals surface area contributed by atoms with E-state index in [9.17, 15) is 4.79 Å². The molecular formula is C24H27N5O2. The predicted octanol–water partition coefficient (Wildman–Crippen LogP) is 3.74. The molecule has 4 heterocycles. The molecule has 1 aliphatic rings. The van der Waals surface area contributed by atoms with Gasteiger partial charge >= 0.3 is 5.97 Å². The van der Waals surface area contributed by atoms with Gasteiger partial charge in [0.2, 0.25) is 0 Å². The van der Waals surface area contributed by atoms with Crippen molar-refractivity contribution in [2.45, 2.75) is 19.8 Å². The van der Waals surface area contributed by atoms with Gasteiger partial charge in [-0.2, -0.15) is 0 Å². The number of carbonyl (C=O) groups excluding carboxylic acids is 1. The molecule has 1 saturated heterocycles. The first-order chi connectivity index (χ1) is 15.2. The van der Waals surface area contributed by atoms with Gasteiger partial charge in [-0.1, -0.05) is 19.1 Å². The normalized spacial score (nSPS) is 15.6. The SMILES string of the molecule is CCCOC(=O)c1cc2ccc(N3CCCN(C)CC3)nc2n2c1nc1ccccc12. The molecule has 160 valence electrons. The minimum Gasteiger partial charge on any atom is -0.462 e. The lowest BCUT2D eigenvalue weighted by atomic mass is 10.2. The maximum atomic E-state index is 12.8. The molecule has 5 rings (SSSR count). The van der Waals surface area contributed by atoms with E-state index in [1.54, 1.807) is 0 Å². The first-order valence-electron chi connectivity index (χ1n) is 11.0. The number of carbonyl (C=O) groups is 1. The van der Waals surface area contributed by atoms with Crippen molar-refractivity contribution >= 4 is 39.5 Å². The molecule has 4 aromatic rings. The van der Waals surface area contributed by atoms with E-state index in [4.69, 9.17) is 14.7 Å². The average Bonchev–Trinajstić information content (AvgIpc) is 3.05. The summed E-state index contributed by atoms with van der Waals surface area (Å²) in [6.45, 7) is 6.43. The van der Waals surface area contributed by atoms with Crippen LogP contribution in [0.15, 0.2) is 42.5 Å². The highest BCUT2D eigenvalue weighted by Crippen LogP contribution is 2.28. The van der Waals surface area contributed by atoms with Crippen molar-refractivity contribution in [3.05, 3.63) is 48.0 Å². The van der Waals surface area contributed by atoms with E-state index in [1.165, 1.54) is 0 Å². The zero-order chi connectivity index (χ0) is 21.4. The summed E-state index contributed by atoms with van der Waals surface area (Å²) in [5, 5.41) is 0.898. The Morgan fingerprint density at radius 3 is 2.77 bits per heavy atom. The number of hydrogen-bond donors (Lipinski definition) is 0. The van der Waals surface area contributed by atoms with Crippen molar-refractivity contribution in [2.24, 2.45) is 0 Å². The van der Waals surface area contributed by atoms with Gasteiger partial charge in [-0.25, -0.2) is 14.8 Å². The highest BCUT2D eigenvalue weighted by atomic mass is 16.5. The number of imidazole rings is 1. The molecule has 0 saturated carbocycles. The molecule has 1 fully saturated rings. The number of ether oxygens (including phenoxy) is 1. The molecule has 31 heavy (non-hydrogen) atoms. The van der Waals surface area contributed by atoms with Crippen molar-refractivity contribution in [1.29, 1.82) is 0 Å². The van der Waals surface area contributed by atoms with Crippen molar-refractivity contribution < 1.29 is 9.53 Å². The van der Waals surface area contributed by atoms with Crippen LogP contribution in [0.5, 0.6) is 0 Å². The van der Waals surface area contributed by atoms with Gasteiger partial charge < -0.3 is 14.5 Å². The van der Waals surface area contributed by atoms with Gasteiger partial charge in [0.15, 0.2) is 5.65 Å². The quantitative estimate of drug-likeness (QED) is 0.472. The van der Waals surface area contributed by atoms with Crippen LogP contribution in [0.1, 0.15) is 30.1 Å². The molecule has 0 unspecified atom stereocenters. The lowest BCUT2D eigenvalue weighted by molar-refractivity contribution is 0.0507. The zero-order valence-electron chi connectivity index (χ0n) is 18.0. The average molecular weight is 418 g/mol. The Kier molecular flexibility index (Phi) is 5.19. The Balaban J connectivity index is 1.71. The van der Waals surface area contributed by atoms with Crippen LogP contribution in [0.2, 0.25) is 0 Å². The molecular weight excluding hydrogens is 390 g/mol. The molecule has 0 bridgehead atoms. The number of pyridine rings is 2. The Bertz CT molecular complexity index is 1270. The molecule has 3 aromatic heterocycles. The highest BCUT2D eigenvalue weighted by molar-refractivity contribution is 6.03. The van der Waals surface area contributed by atoms with Crippen LogP contribution < -0.4 is 4.90 Å².